The van der Waals surface area contributed by atoms with Crippen LogP contribution in [-0.4, -0.2) is 55.7 Å². The molecule has 0 aromatic heterocycles. The Labute approximate surface area is 205 Å². The molecule has 7 nitrogen and oxygen atoms in total. The number of hydrogen-bond donors (Lipinski definition) is 4. The number of benzene rings is 1. The molecule has 0 bridgehead atoms. The average Bonchev–Trinajstić information content (AvgIpc) is 2.98. The van der Waals surface area contributed by atoms with Crippen LogP contribution in [0.1, 0.15) is 58.4 Å². The van der Waals surface area contributed by atoms with Crippen molar-refractivity contribution in [2.45, 2.75) is 65.5 Å². The predicted molar refractivity (Wildman–Crippen MR) is 141 cm³/mol. The largest absolute Gasteiger partial charge is 0.357 e. The predicted octanol–water partition coefficient (Wildman–Crippen LogP) is 4.16. The van der Waals surface area contributed by atoms with Gasteiger partial charge in [-0.15, -0.1) is 24.0 Å². The van der Waals surface area contributed by atoms with Crippen molar-refractivity contribution in [1.29, 1.82) is 0 Å². The van der Waals surface area contributed by atoms with E-state index in [-0.39, 0.29) is 36.0 Å². The molecule has 1 heterocycles. The Morgan fingerprint density at radius 2 is 1.74 bits per heavy atom. The minimum absolute atomic E-state index is 0. The van der Waals surface area contributed by atoms with Crippen LogP contribution in [0.15, 0.2) is 29.3 Å². The zero-order chi connectivity index (χ0) is 21.6. The van der Waals surface area contributed by atoms with Gasteiger partial charge in [0, 0.05) is 24.8 Å². The van der Waals surface area contributed by atoms with Crippen molar-refractivity contribution in [3.8, 4) is 0 Å². The molecule has 0 atom stereocenters. The second-order valence-electron chi connectivity index (χ2n) is 8.18. The number of hydrogen-bond acceptors (Lipinski definition) is 3. The van der Waals surface area contributed by atoms with Gasteiger partial charge in [-0.1, -0.05) is 25.0 Å². The molecule has 0 aliphatic carbocycles. The third-order valence-electron chi connectivity index (χ3n) is 5.04. The fraction of sp³-hybridized carbons (Fsp3) is 0.652. The highest BCUT2D eigenvalue weighted by Crippen LogP contribution is 2.11. The molecule has 0 unspecified atom stereocenters. The highest BCUT2D eigenvalue weighted by atomic mass is 127. The van der Waals surface area contributed by atoms with E-state index >= 15 is 0 Å². The minimum Gasteiger partial charge on any atom is -0.357 e. The first-order valence-corrected chi connectivity index (χ1v) is 11.5. The van der Waals surface area contributed by atoms with Gasteiger partial charge in [0.2, 0.25) is 0 Å². The first kappa shape index (κ1) is 27.5. The molecule has 0 saturated carbocycles. The number of nitrogens with zero attached hydrogens (tertiary/aromatic N) is 2. The maximum atomic E-state index is 11.8. The molecule has 176 valence electrons. The van der Waals surface area contributed by atoms with Crippen molar-refractivity contribution in [2.24, 2.45) is 4.99 Å². The Kier molecular flexibility index (Phi) is 14.3. The number of rotatable bonds is 9. The number of carbonyl (C=O) groups is 1. The van der Waals surface area contributed by atoms with E-state index < -0.39 is 0 Å². The fourth-order valence-corrected chi connectivity index (χ4v) is 3.50. The van der Waals surface area contributed by atoms with E-state index in [1.54, 1.807) is 0 Å². The first-order valence-electron chi connectivity index (χ1n) is 11.5. The van der Waals surface area contributed by atoms with Crippen molar-refractivity contribution in [3.05, 3.63) is 29.8 Å². The van der Waals surface area contributed by atoms with Crippen LogP contribution < -0.4 is 21.3 Å². The maximum absolute atomic E-state index is 11.8. The first-order chi connectivity index (χ1) is 14.6. The number of halogens is 1. The van der Waals surface area contributed by atoms with Crippen LogP contribution in [0.2, 0.25) is 0 Å². The van der Waals surface area contributed by atoms with Gasteiger partial charge in [0.15, 0.2) is 5.96 Å². The van der Waals surface area contributed by atoms with E-state index in [1.165, 1.54) is 38.8 Å². The van der Waals surface area contributed by atoms with Gasteiger partial charge in [-0.3, -0.25) is 0 Å². The number of likely N-dealkylation sites (tertiary alicyclic amines) is 1. The van der Waals surface area contributed by atoms with E-state index in [0.29, 0.717) is 6.54 Å². The number of nitrogens with one attached hydrogen (secondary N) is 4. The van der Waals surface area contributed by atoms with Gasteiger partial charge in [-0.25, -0.2) is 9.79 Å². The SMILES string of the molecule is CCNC(=NCc1ccc(NC(=O)NC(C)C)cc1)NCCCN1CCCCCC1.I. The van der Waals surface area contributed by atoms with Crippen LogP contribution in [0.5, 0.6) is 0 Å². The molecule has 2 amide bonds. The third kappa shape index (κ3) is 12.2. The molecule has 0 spiro atoms. The second-order valence-corrected chi connectivity index (χ2v) is 8.18. The summed E-state index contributed by atoms with van der Waals surface area (Å²) >= 11 is 0. The Balaban J connectivity index is 0.00000480. The summed E-state index contributed by atoms with van der Waals surface area (Å²) in [5, 5.41) is 12.4. The summed E-state index contributed by atoms with van der Waals surface area (Å²) in [4.78, 5) is 19.1. The van der Waals surface area contributed by atoms with Crippen molar-refractivity contribution in [1.82, 2.24) is 20.9 Å². The molecule has 1 aliphatic heterocycles. The fourth-order valence-electron chi connectivity index (χ4n) is 3.50. The molecule has 1 aromatic rings. The summed E-state index contributed by atoms with van der Waals surface area (Å²) in [5.74, 6) is 0.854. The summed E-state index contributed by atoms with van der Waals surface area (Å²) in [5.41, 5.74) is 1.88. The second kappa shape index (κ2) is 16.1. The van der Waals surface area contributed by atoms with E-state index in [0.717, 1.165) is 43.3 Å². The van der Waals surface area contributed by atoms with E-state index in [2.05, 4.69) is 33.1 Å². The van der Waals surface area contributed by atoms with Crippen molar-refractivity contribution < 1.29 is 4.79 Å². The lowest BCUT2D eigenvalue weighted by molar-refractivity contribution is 0.250. The van der Waals surface area contributed by atoms with Crippen molar-refractivity contribution >= 4 is 41.7 Å². The monoisotopic (exact) mass is 544 g/mol. The number of amides is 2. The lowest BCUT2D eigenvalue weighted by atomic mass is 10.2. The molecule has 1 fully saturated rings. The van der Waals surface area contributed by atoms with E-state index in [9.17, 15) is 4.79 Å². The minimum atomic E-state index is -0.186. The molecule has 0 radical (unpaired) electrons. The van der Waals surface area contributed by atoms with Gasteiger partial charge >= 0.3 is 6.03 Å². The van der Waals surface area contributed by atoms with Crippen LogP contribution in [0.4, 0.5) is 10.5 Å². The zero-order valence-corrected chi connectivity index (χ0v) is 21.7. The summed E-state index contributed by atoms with van der Waals surface area (Å²) in [7, 11) is 0. The number of urea groups is 1. The standard InChI is InChI=1S/C23H40N6O.HI/c1-4-24-22(25-14-9-17-29-15-7-5-6-8-16-29)26-18-20-10-12-21(13-11-20)28-23(30)27-19(2)3;/h10-13,19H,4-9,14-18H2,1-3H3,(H2,24,25,26)(H2,27,28,30);1H. The highest BCUT2D eigenvalue weighted by Gasteiger charge is 2.08. The normalized spacial score (nSPS) is 15.0. The lowest BCUT2D eigenvalue weighted by Gasteiger charge is -2.20. The number of anilines is 1. The van der Waals surface area contributed by atoms with Crippen LogP contribution >= 0.6 is 24.0 Å². The molecule has 1 aromatic carbocycles. The Bertz CT molecular complexity index is 642. The Hall–Kier alpha value is -1.55. The summed E-state index contributed by atoms with van der Waals surface area (Å²) in [6.45, 7) is 12.0. The van der Waals surface area contributed by atoms with Gasteiger partial charge < -0.3 is 26.2 Å². The topological polar surface area (TPSA) is 80.8 Å². The van der Waals surface area contributed by atoms with Gasteiger partial charge in [-0.05, 0) is 77.4 Å². The number of guanidine groups is 1. The Morgan fingerprint density at radius 3 is 2.35 bits per heavy atom. The zero-order valence-electron chi connectivity index (χ0n) is 19.4. The lowest BCUT2D eigenvalue weighted by Crippen LogP contribution is -2.39. The van der Waals surface area contributed by atoms with Crippen molar-refractivity contribution in [2.75, 3.05) is 38.0 Å². The van der Waals surface area contributed by atoms with E-state index in [4.69, 9.17) is 4.99 Å². The summed E-state index contributed by atoms with van der Waals surface area (Å²) in [6, 6.07) is 7.74. The third-order valence-corrected chi connectivity index (χ3v) is 5.04. The van der Waals surface area contributed by atoms with Crippen molar-refractivity contribution in [3.63, 3.8) is 0 Å². The summed E-state index contributed by atoms with van der Waals surface area (Å²) < 4.78 is 0. The van der Waals surface area contributed by atoms with Gasteiger partial charge in [-0.2, -0.15) is 0 Å². The van der Waals surface area contributed by atoms with Crippen LogP contribution in [-0.2, 0) is 6.54 Å². The van der Waals surface area contributed by atoms with Gasteiger partial charge in [0.1, 0.15) is 0 Å². The van der Waals surface area contributed by atoms with E-state index in [1.807, 2.05) is 38.1 Å². The molecule has 1 aliphatic rings. The smallest absolute Gasteiger partial charge is 0.319 e. The van der Waals surface area contributed by atoms with Crippen LogP contribution in [0, 0.1) is 0 Å². The van der Waals surface area contributed by atoms with Crippen LogP contribution in [0.3, 0.4) is 0 Å². The molecular formula is C23H41IN6O. The van der Waals surface area contributed by atoms with Gasteiger partial charge in [0.25, 0.3) is 0 Å². The molecule has 2 rings (SSSR count). The number of carbonyl (C=O) groups excluding carboxylic acids is 1. The molecule has 4 N–H and O–H groups in total. The molecule has 31 heavy (non-hydrogen) atoms. The summed E-state index contributed by atoms with van der Waals surface area (Å²) in [6.07, 6.45) is 6.58. The maximum Gasteiger partial charge on any atom is 0.319 e. The van der Waals surface area contributed by atoms with Gasteiger partial charge in [0.05, 0.1) is 6.54 Å². The highest BCUT2D eigenvalue weighted by molar-refractivity contribution is 14.0. The average molecular weight is 545 g/mol. The molecular weight excluding hydrogens is 503 g/mol. The molecule has 1 saturated heterocycles. The number of aliphatic imine (C=N–C) groups is 1. The quantitative estimate of drug-likeness (QED) is 0.163. The van der Waals surface area contributed by atoms with Crippen LogP contribution in [0.25, 0.3) is 0 Å². The Morgan fingerprint density at radius 1 is 1.06 bits per heavy atom. The molecule has 8 heteroatoms.